The molecule has 11 heteroatoms. The minimum absolute atomic E-state index is 0.00531. The largest absolute Gasteiger partial charge is 0.444 e. The highest BCUT2D eigenvalue weighted by atomic mass is 16.6. The second-order valence-electron chi connectivity index (χ2n) is 12.1. The van der Waals surface area contributed by atoms with Crippen LogP contribution in [-0.2, 0) is 11.8 Å². The number of anilines is 1. The summed E-state index contributed by atoms with van der Waals surface area (Å²) in [6.45, 7) is 12.1. The molecule has 0 unspecified atom stereocenters. The molecule has 3 amide bonds. The second-order valence-corrected chi connectivity index (χ2v) is 12.1. The average molecular weight is 565 g/mol. The molecule has 0 radical (unpaired) electrons. The number of nitrogens with two attached hydrogens (primary N) is 1. The molecule has 3 N–H and O–H groups in total. The molecular weight excluding hydrogens is 520 g/mol. The van der Waals surface area contributed by atoms with Crippen LogP contribution in [0.3, 0.4) is 0 Å². The van der Waals surface area contributed by atoms with Gasteiger partial charge in [0.15, 0.2) is 0 Å². The molecular formula is C30H44N8O3. The Hall–Kier alpha value is -3.89. The van der Waals surface area contributed by atoms with E-state index in [2.05, 4.69) is 40.3 Å². The summed E-state index contributed by atoms with van der Waals surface area (Å²) < 4.78 is 7.30. The molecule has 1 aliphatic carbocycles. The van der Waals surface area contributed by atoms with Crippen molar-refractivity contribution in [2.45, 2.75) is 77.9 Å². The topological polar surface area (TPSA) is 132 Å². The van der Waals surface area contributed by atoms with E-state index in [9.17, 15) is 9.59 Å². The molecule has 1 aliphatic heterocycles. The summed E-state index contributed by atoms with van der Waals surface area (Å²) in [6, 6.07) is 8.37. The molecule has 11 nitrogen and oxygen atoms in total. The van der Waals surface area contributed by atoms with E-state index >= 15 is 0 Å². The lowest BCUT2D eigenvalue weighted by Gasteiger charge is -2.36. The molecule has 2 aromatic heterocycles. The summed E-state index contributed by atoms with van der Waals surface area (Å²) in [6.07, 6.45) is 5.97. The van der Waals surface area contributed by atoms with Gasteiger partial charge >= 0.3 is 12.1 Å². The molecule has 2 fully saturated rings. The standard InChI is InChI=1S/C15H17N5.C15H27N3O3/c1-9(2)14-11-8-10(4-5-13(11)19-20(14)3)12-6-7-17-15(16)18-12;1-15(2,3)21-14(20)18-10-8-17(9-11-18)13(19)16-12-6-4-5-7-12/h4-9H,1-3H3,(H2,16,17,18);12H,4-11H2,1-3H3,(H,16,19). The van der Waals surface area contributed by atoms with E-state index in [4.69, 9.17) is 10.5 Å². The van der Waals surface area contributed by atoms with Gasteiger partial charge in [0.1, 0.15) is 5.60 Å². The van der Waals surface area contributed by atoms with Crippen molar-refractivity contribution in [1.29, 1.82) is 0 Å². The minimum atomic E-state index is -0.478. The van der Waals surface area contributed by atoms with Gasteiger partial charge in [0, 0.05) is 62.1 Å². The highest BCUT2D eigenvalue weighted by Gasteiger charge is 2.28. The number of aryl methyl sites for hydroxylation is 1. The molecule has 41 heavy (non-hydrogen) atoms. The van der Waals surface area contributed by atoms with Crippen LogP contribution in [0.4, 0.5) is 15.5 Å². The summed E-state index contributed by atoms with van der Waals surface area (Å²) in [5, 5.41) is 8.79. The van der Waals surface area contributed by atoms with Crippen LogP contribution in [0, 0.1) is 0 Å². The first kappa shape index (κ1) is 30.1. The van der Waals surface area contributed by atoms with Crippen LogP contribution in [0.15, 0.2) is 30.5 Å². The van der Waals surface area contributed by atoms with Gasteiger partial charge in [0.05, 0.1) is 11.2 Å². The molecule has 0 spiro atoms. The van der Waals surface area contributed by atoms with Crippen LogP contribution in [0.25, 0.3) is 22.2 Å². The number of urea groups is 1. The molecule has 0 bridgehead atoms. The minimum Gasteiger partial charge on any atom is -0.444 e. The van der Waals surface area contributed by atoms with Crippen LogP contribution >= 0.6 is 0 Å². The summed E-state index contributed by atoms with van der Waals surface area (Å²) in [4.78, 5) is 35.8. The van der Waals surface area contributed by atoms with Gasteiger partial charge in [-0.25, -0.2) is 19.6 Å². The molecule has 5 rings (SSSR count). The number of carbonyl (C=O) groups is 2. The van der Waals surface area contributed by atoms with E-state index in [1.165, 1.54) is 18.5 Å². The molecule has 0 atom stereocenters. The maximum atomic E-state index is 12.1. The van der Waals surface area contributed by atoms with Gasteiger partial charge in [0.2, 0.25) is 5.95 Å². The predicted molar refractivity (Wildman–Crippen MR) is 160 cm³/mol. The summed E-state index contributed by atoms with van der Waals surface area (Å²) in [5.41, 5.74) is 9.26. The number of aromatic nitrogens is 4. The van der Waals surface area contributed by atoms with Gasteiger partial charge in [-0.2, -0.15) is 5.10 Å². The van der Waals surface area contributed by atoms with Gasteiger partial charge in [-0.15, -0.1) is 0 Å². The van der Waals surface area contributed by atoms with Crippen molar-refractivity contribution in [2.75, 3.05) is 31.9 Å². The van der Waals surface area contributed by atoms with Gasteiger partial charge < -0.3 is 25.6 Å². The van der Waals surface area contributed by atoms with Crippen molar-refractivity contribution < 1.29 is 14.3 Å². The zero-order valence-corrected chi connectivity index (χ0v) is 25.2. The lowest BCUT2D eigenvalue weighted by molar-refractivity contribution is 0.0169. The zero-order chi connectivity index (χ0) is 29.7. The Bertz CT molecular complexity index is 1350. The Morgan fingerprint density at radius 2 is 1.71 bits per heavy atom. The number of rotatable bonds is 3. The third-order valence-corrected chi connectivity index (χ3v) is 7.30. The average Bonchev–Trinajstić information content (AvgIpc) is 3.54. The summed E-state index contributed by atoms with van der Waals surface area (Å²) in [7, 11) is 1.98. The van der Waals surface area contributed by atoms with Crippen LogP contribution < -0.4 is 11.1 Å². The molecule has 1 saturated carbocycles. The second kappa shape index (κ2) is 12.7. The van der Waals surface area contributed by atoms with E-state index < -0.39 is 5.60 Å². The number of ether oxygens (including phenoxy) is 1. The maximum absolute atomic E-state index is 12.1. The first-order chi connectivity index (χ1) is 19.4. The highest BCUT2D eigenvalue weighted by molar-refractivity contribution is 5.86. The van der Waals surface area contributed by atoms with Gasteiger partial charge in [-0.05, 0) is 57.7 Å². The SMILES string of the molecule is CC(C)(C)OC(=O)N1CCN(C(=O)NC2CCCC2)CC1.CC(C)c1c2cc(-c3ccnc(N)n3)ccc2nn1C. The third kappa shape index (κ3) is 7.86. The van der Waals surface area contributed by atoms with Crippen molar-refractivity contribution in [3.8, 4) is 11.3 Å². The molecule has 3 heterocycles. The maximum Gasteiger partial charge on any atom is 0.410 e. The van der Waals surface area contributed by atoms with E-state index in [1.807, 2.05) is 50.7 Å². The lowest BCUT2D eigenvalue weighted by Crippen LogP contribution is -2.54. The van der Waals surface area contributed by atoms with Crippen molar-refractivity contribution in [1.82, 2.24) is 34.9 Å². The Morgan fingerprint density at radius 1 is 1.05 bits per heavy atom. The molecule has 2 aliphatic rings. The first-order valence-corrected chi connectivity index (χ1v) is 14.5. The highest BCUT2D eigenvalue weighted by Crippen LogP contribution is 2.29. The fraction of sp³-hybridized carbons (Fsp3) is 0.567. The van der Waals surface area contributed by atoms with Crippen molar-refractivity contribution in [3.63, 3.8) is 0 Å². The summed E-state index contributed by atoms with van der Waals surface area (Å²) in [5.74, 6) is 0.702. The normalized spacial score (nSPS) is 16.1. The lowest BCUT2D eigenvalue weighted by atomic mass is 10.0. The Kier molecular flexibility index (Phi) is 9.35. The number of hydrogen-bond donors (Lipinski definition) is 2. The monoisotopic (exact) mass is 564 g/mol. The van der Waals surface area contributed by atoms with Crippen LogP contribution in [0.5, 0.6) is 0 Å². The quantitative estimate of drug-likeness (QED) is 0.461. The molecule has 1 aromatic carbocycles. The fourth-order valence-electron chi connectivity index (χ4n) is 5.35. The van der Waals surface area contributed by atoms with E-state index in [0.29, 0.717) is 38.1 Å². The van der Waals surface area contributed by atoms with Crippen LogP contribution in [0.2, 0.25) is 0 Å². The Morgan fingerprint density at radius 3 is 2.32 bits per heavy atom. The molecule has 3 aromatic rings. The van der Waals surface area contributed by atoms with Crippen LogP contribution in [0.1, 0.15) is 71.9 Å². The number of nitrogens with one attached hydrogen (secondary N) is 1. The Labute approximate surface area is 242 Å². The summed E-state index contributed by atoms with van der Waals surface area (Å²) >= 11 is 0. The third-order valence-electron chi connectivity index (χ3n) is 7.30. The number of benzene rings is 1. The van der Waals surface area contributed by atoms with Crippen LogP contribution in [-0.4, -0.2) is 79.5 Å². The van der Waals surface area contributed by atoms with Crippen molar-refractivity contribution in [3.05, 3.63) is 36.2 Å². The van der Waals surface area contributed by atoms with Crippen molar-refractivity contribution >= 4 is 29.0 Å². The number of nitrogens with zero attached hydrogens (tertiary/aromatic N) is 6. The first-order valence-electron chi connectivity index (χ1n) is 14.5. The van der Waals surface area contributed by atoms with E-state index in [-0.39, 0.29) is 18.1 Å². The molecule has 222 valence electrons. The zero-order valence-electron chi connectivity index (χ0n) is 25.2. The van der Waals surface area contributed by atoms with Gasteiger partial charge in [-0.1, -0.05) is 32.8 Å². The molecule has 1 saturated heterocycles. The van der Waals surface area contributed by atoms with Crippen molar-refractivity contribution in [2.24, 2.45) is 7.05 Å². The smallest absolute Gasteiger partial charge is 0.410 e. The van der Waals surface area contributed by atoms with E-state index in [1.54, 1.807) is 16.0 Å². The number of carbonyl (C=O) groups excluding carboxylic acids is 2. The number of amides is 3. The fourth-order valence-corrected chi connectivity index (χ4v) is 5.35. The number of fused-ring (bicyclic) bond motifs is 1. The number of hydrogen-bond acceptors (Lipinski definition) is 7. The van der Waals surface area contributed by atoms with Gasteiger partial charge in [0.25, 0.3) is 0 Å². The number of nitrogen functional groups attached to an aromatic ring is 1. The Balaban J connectivity index is 0.000000189. The predicted octanol–water partition coefficient (Wildman–Crippen LogP) is 4.93. The van der Waals surface area contributed by atoms with E-state index in [0.717, 1.165) is 35.0 Å². The van der Waals surface area contributed by atoms with Gasteiger partial charge in [-0.3, -0.25) is 4.68 Å². The number of piperazine rings is 1.